The van der Waals surface area contributed by atoms with Crippen molar-refractivity contribution in [3.8, 4) is 0 Å². The van der Waals surface area contributed by atoms with Gasteiger partial charge in [-0.25, -0.2) is 4.79 Å². The van der Waals surface area contributed by atoms with Crippen LogP contribution in [0.15, 0.2) is 15.7 Å². The Bertz CT molecular complexity index is 482. The van der Waals surface area contributed by atoms with Crippen LogP contribution in [0.5, 0.6) is 0 Å². The highest BCUT2D eigenvalue weighted by molar-refractivity contribution is 5.77. The molecule has 5 nitrogen and oxygen atoms in total. The van der Waals surface area contributed by atoms with Crippen LogP contribution in [0.2, 0.25) is 0 Å². The van der Waals surface area contributed by atoms with E-state index in [1.54, 1.807) is 7.05 Å². The van der Waals surface area contributed by atoms with Gasteiger partial charge in [0.05, 0.1) is 0 Å². The second kappa shape index (κ2) is 3.61. The summed E-state index contributed by atoms with van der Waals surface area (Å²) in [7, 11) is 2.95. The van der Waals surface area contributed by atoms with Gasteiger partial charge in [0.2, 0.25) is 0 Å². The lowest BCUT2D eigenvalue weighted by molar-refractivity contribution is -0.116. The maximum atomic E-state index is 11.4. The third kappa shape index (κ3) is 1.81. The Morgan fingerprint density at radius 3 is 2.36 bits per heavy atom. The summed E-state index contributed by atoms with van der Waals surface area (Å²) in [5.74, 6) is -0.0757. The molecular weight excluding hydrogens is 184 g/mol. The summed E-state index contributed by atoms with van der Waals surface area (Å²) in [6.07, 6.45) is 0.113. The van der Waals surface area contributed by atoms with E-state index in [2.05, 4.69) is 0 Å². The molecule has 0 unspecified atom stereocenters. The molecular formula is C9H12N2O3. The van der Waals surface area contributed by atoms with Gasteiger partial charge in [0, 0.05) is 32.3 Å². The molecule has 0 fully saturated rings. The number of ketones is 1. The number of carbonyl (C=O) groups is 1. The van der Waals surface area contributed by atoms with E-state index in [9.17, 15) is 14.4 Å². The van der Waals surface area contributed by atoms with Crippen LogP contribution in [0.1, 0.15) is 12.6 Å². The van der Waals surface area contributed by atoms with Crippen LogP contribution in [0.4, 0.5) is 0 Å². The predicted octanol–water partition coefficient (Wildman–Crippen LogP) is -0.784. The molecule has 0 N–H and O–H groups in total. The minimum absolute atomic E-state index is 0.0757. The topological polar surface area (TPSA) is 61.1 Å². The molecule has 1 rings (SSSR count). The van der Waals surface area contributed by atoms with Gasteiger partial charge in [-0.05, 0) is 6.92 Å². The number of nitrogens with zero attached hydrogens (tertiary/aromatic N) is 2. The van der Waals surface area contributed by atoms with Gasteiger partial charge in [0.15, 0.2) is 0 Å². The van der Waals surface area contributed by atoms with E-state index >= 15 is 0 Å². The van der Waals surface area contributed by atoms with Crippen LogP contribution in [-0.4, -0.2) is 14.9 Å². The zero-order valence-corrected chi connectivity index (χ0v) is 8.40. The zero-order valence-electron chi connectivity index (χ0n) is 8.40. The predicted molar refractivity (Wildman–Crippen MR) is 51.3 cm³/mol. The average Bonchev–Trinajstić information content (AvgIpc) is 2.10. The quantitative estimate of drug-likeness (QED) is 0.623. The highest BCUT2D eigenvalue weighted by Crippen LogP contribution is 1.92. The molecule has 0 spiro atoms. The fourth-order valence-corrected chi connectivity index (χ4v) is 1.20. The van der Waals surface area contributed by atoms with E-state index in [1.807, 2.05) is 0 Å². The maximum Gasteiger partial charge on any atom is 0.330 e. The van der Waals surface area contributed by atoms with Crippen LogP contribution in [0.25, 0.3) is 0 Å². The molecule has 1 aromatic rings. The van der Waals surface area contributed by atoms with E-state index in [0.29, 0.717) is 5.69 Å². The number of Topliss-reactive ketones (excluding diaryl/α,β-unsaturated/α-hetero) is 1. The molecule has 0 saturated carbocycles. The maximum absolute atomic E-state index is 11.4. The third-order valence-electron chi connectivity index (χ3n) is 2.06. The first kappa shape index (κ1) is 10.4. The molecule has 1 aromatic heterocycles. The van der Waals surface area contributed by atoms with Crippen molar-refractivity contribution in [1.82, 2.24) is 9.13 Å². The van der Waals surface area contributed by atoms with Gasteiger partial charge in [0.1, 0.15) is 5.78 Å². The zero-order chi connectivity index (χ0) is 10.9. The highest BCUT2D eigenvalue weighted by Gasteiger charge is 2.06. The minimum Gasteiger partial charge on any atom is -0.300 e. The number of aromatic nitrogens is 2. The molecule has 0 bridgehead atoms. The van der Waals surface area contributed by atoms with Gasteiger partial charge in [0.25, 0.3) is 5.56 Å². The average molecular weight is 196 g/mol. The standard InChI is InChI=1S/C9H12N2O3/c1-6(12)4-7-5-8(13)11(3)9(14)10(7)2/h5H,4H2,1-3H3. The van der Waals surface area contributed by atoms with E-state index in [4.69, 9.17) is 0 Å². The van der Waals surface area contributed by atoms with Gasteiger partial charge in [-0.1, -0.05) is 0 Å². The molecule has 0 amide bonds. The monoisotopic (exact) mass is 196 g/mol. The molecule has 76 valence electrons. The summed E-state index contributed by atoms with van der Waals surface area (Å²) < 4.78 is 2.31. The molecule has 5 heteroatoms. The van der Waals surface area contributed by atoms with Gasteiger partial charge in [-0.3, -0.25) is 14.2 Å². The lowest BCUT2D eigenvalue weighted by atomic mass is 10.2. The first-order valence-electron chi connectivity index (χ1n) is 4.19. The number of carbonyl (C=O) groups excluding carboxylic acids is 1. The Morgan fingerprint density at radius 2 is 1.86 bits per heavy atom. The Balaban J connectivity index is 3.41. The summed E-state index contributed by atoms with van der Waals surface area (Å²) in [5.41, 5.74) is -0.344. The molecule has 14 heavy (non-hydrogen) atoms. The molecule has 0 aliphatic carbocycles. The number of hydrogen-bond acceptors (Lipinski definition) is 3. The summed E-state index contributed by atoms with van der Waals surface area (Å²) in [6.45, 7) is 1.42. The fourth-order valence-electron chi connectivity index (χ4n) is 1.20. The summed E-state index contributed by atoms with van der Waals surface area (Å²) in [5, 5.41) is 0. The summed E-state index contributed by atoms with van der Waals surface area (Å²) >= 11 is 0. The van der Waals surface area contributed by atoms with Gasteiger partial charge < -0.3 is 4.57 Å². The van der Waals surface area contributed by atoms with Gasteiger partial charge in [-0.15, -0.1) is 0 Å². The highest BCUT2D eigenvalue weighted by atomic mass is 16.2. The molecule has 0 radical (unpaired) electrons. The Morgan fingerprint density at radius 1 is 1.29 bits per heavy atom. The number of hydrogen-bond donors (Lipinski definition) is 0. The SMILES string of the molecule is CC(=O)Cc1cc(=O)n(C)c(=O)n1C. The smallest absolute Gasteiger partial charge is 0.300 e. The lowest BCUT2D eigenvalue weighted by Crippen LogP contribution is -2.38. The molecule has 0 saturated heterocycles. The first-order chi connectivity index (χ1) is 6.43. The molecule has 1 heterocycles. The van der Waals surface area contributed by atoms with Crippen molar-refractivity contribution in [2.45, 2.75) is 13.3 Å². The van der Waals surface area contributed by atoms with E-state index < -0.39 is 5.69 Å². The van der Waals surface area contributed by atoms with Crippen molar-refractivity contribution in [3.63, 3.8) is 0 Å². The van der Waals surface area contributed by atoms with E-state index in [1.165, 1.54) is 24.6 Å². The van der Waals surface area contributed by atoms with Crippen LogP contribution in [-0.2, 0) is 25.3 Å². The Labute approximate surface area is 80.6 Å². The molecule has 0 aromatic carbocycles. The lowest BCUT2D eigenvalue weighted by Gasteiger charge is -2.06. The minimum atomic E-state index is -0.409. The van der Waals surface area contributed by atoms with Crippen molar-refractivity contribution >= 4 is 5.78 Å². The van der Waals surface area contributed by atoms with E-state index in [0.717, 1.165) is 4.57 Å². The Kier molecular flexibility index (Phi) is 2.69. The van der Waals surface area contributed by atoms with Crippen molar-refractivity contribution < 1.29 is 4.79 Å². The summed E-state index contributed by atoms with van der Waals surface area (Å²) in [4.78, 5) is 33.5. The molecule has 0 aliphatic rings. The molecule has 0 atom stereocenters. The van der Waals surface area contributed by atoms with Crippen molar-refractivity contribution in [3.05, 3.63) is 32.6 Å². The molecule has 0 aliphatic heterocycles. The third-order valence-corrected chi connectivity index (χ3v) is 2.06. The number of rotatable bonds is 2. The fraction of sp³-hybridized carbons (Fsp3) is 0.444. The van der Waals surface area contributed by atoms with E-state index in [-0.39, 0.29) is 17.8 Å². The van der Waals surface area contributed by atoms with Crippen molar-refractivity contribution in [1.29, 1.82) is 0 Å². The van der Waals surface area contributed by atoms with Crippen molar-refractivity contribution in [2.24, 2.45) is 14.1 Å². The van der Waals surface area contributed by atoms with Crippen LogP contribution >= 0.6 is 0 Å². The van der Waals surface area contributed by atoms with Crippen molar-refractivity contribution in [2.75, 3.05) is 0 Å². The Hall–Kier alpha value is -1.65. The second-order valence-corrected chi connectivity index (χ2v) is 3.25. The van der Waals surface area contributed by atoms with Crippen LogP contribution in [0, 0.1) is 0 Å². The normalized spacial score (nSPS) is 10.2. The summed E-state index contributed by atoms with van der Waals surface area (Å²) in [6, 6.07) is 1.31. The van der Waals surface area contributed by atoms with Gasteiger partial charge in [-0.2, -0.15) is 0 Å². The largest absolute Gasteiger partial charge is 0.330 e. The van der Waals surface area contributed by atoms with Crippen LogP contribution < -0.4 is 11.2 Å². The first-order valence-corrected chi connectivity index (χ1v) is 4.19. The second-order valence-electron chi connectivity index (χ2n) is 3.25. The van der Waals surface area contributed by atoms with Crippen LogP contribution in [0.3, 0.4) is 0 Å². The van der Waals surface area contributed by atoms with Gasteiger partial charge >= 0.3 is 5.69 Å².